The monoisotopic (exact) mass is 1710 g/mol. The summed E-state index contributed by atoms with van der Waals surface area (Å²) in [4.78, 5) is 52.4. The molecule has 0 radical (unpaired) electrons. The fourth-order valence-corrected chi connectivity index (χ4v) is 16.6. The van der Waals surface area contributed by atoms with Crippen LogP contribution in [0.5, 0.6) is 0 Å². The van der Waals surface area contributed by atoms with E-state index >= 15 is 0 Å². The number of methoxy groups -OCH3 is 5. The number of amides is 3. The van der Waals surface area contributed by atoms with E-state index in [2.05, 4.69) is 41.0 Å². The molecule has 0 saturated carbocycles. The molecular formula is C45H73N3O50S8. The second kappa shape index (κ2) is 36.5. The number of nitrogens with one attached hydrogen (secondary N) is 3. The van der Waals surface area contributed by atoms with Gasteiger partial charge < -0.3 is 103 Å². The van der Waals surface area contributed by atoms with Crippen LogP contribution in [-0.2, 0) is 183 Å². The Morgan fingerprint density at radius 2 is 0.849 bits per heavy atom. The van der Waals surface area contributed by atoms with E-state index in [1.165, 1.54) is 0 Å². The summed E-state index contributed by atoms with van der Waals surface area (Å²) in [5.74, 6) is -4.70. The Kier molecular flexibility index (Phi) is 30.9. The Balaban J connectivity index is 1.22. The van der Waals surface area contributed by atoms with Crippen LogP contribution in [-0.4, -0.2) is 367 Å². The molecule has 0 aromatic carbocycles. The number of carbonyl (C=O) groups excluding carboxylic acids is 2. The lowest BCUT2D eigenvalue weighted by Gasteiger charge is -2.50. The number of aliphatic carboxylic acids is 2. The van der Waals surface area contributed by atoms with Crippen molar-refractivity contribution >= 4 is 108 Å². The minimum absolute atomic E-state index is 0.0313. The zero-order valence-electron chi connectivity index (χ0n) is 54.4. The maximum atomic E-state index is 13.8. The van der Waals surface area contributed by atoms with Crippen molar-refractivity contribution < 1.29 is 226 Å². The first-order chi connectivity index (χ1) is 49.0. The predicted octanol–water partition coefficient (Wildman–Crippen LogP) is -8.83. The van der Waals surface area contributed by atoms with Gasteiger partial charge in [0.2, 0.25) is 5.91 Å². The molecule has 0 unspecified atom stereocenters. The molecule has 53 nitrogen and oxygen atoms in total. The number of urea groups is 1. The van der Waals surface area contributed by atoms with E-state index in [1.807, 2.05) is 0 Å². The number of thioether (sulfide) groups is 1. The lowest BCUT2D eigenvalue weighted by atomic mass is 9.94. The molecule has 0 aromatic rings. The summed E-state index contributed by atoms with van der Waals surface area (Å²) in [5.41, 5.74) is 0. The van der Waals surface area contributed by atoms with E-state index in [9.17, 15) is 130 Å². The summed E-state index contributed by atoms with van der Waals surface area (Å²) >= 11 is 1.59. The van der Waals surface area contributed by atoms with Crippen LogP contribution in [0.15, 0.2) is 0 Å². The molecule has 28 atom stereocenters. The number of fused-ring (bicyclic) bond motifs is 1. The number of aliphatic hydroxyl groups excluding tert-OH is 2. The zero-order chi connectivity index (χ0) is 79.3. The van der Waals surface area contributed by atoms with Gasteiger partial charge in [-0.15, -0.1) is 0 Å². The highest BCUT2D eigenvalue weighted by Crippen LogP contribution is 2.41. The van der Waals surface area contributed by atoms with Gasteiger partial charge in [0.1, 0.15) is 97.6 Å². The number of carbonyl (C=O) groups is 4. The van der Waals surface area contributed by atoms with Crippen molar-refractivity contribution in [3.63, 3.8) is 0 Å². The smallest absolute Gasteiger partial charge is 0.397 e. The van der Waals surface area contributed by atoms with Crippen molar-refractivity contribution in [3.05, 3.63) is 0 Å². The Hall–Kier alpha value is -3.52. The Bertz CT molecular complexity index is 3860. The first-order valence-electron chi connectivity index (χ1n) is 29.8. The molecule has 106 heavy (non-hydrogen) atoms. The largest absolute Gasteiger partial charge is 0.479 e. The second-order valence-electron chi connectivity index (χ2n) is 23.1. The van der Waals surface area contributed by atoms with Crippen molar-refractivity contribution in [1.29, 1.82) is 0 Å². The zero-order valence-corrected chi connectivity index (χ0v) is 61.0. The molecular weight excluding hydrogens is 1640 g/mol. The number of hydrogen-bond acceptors (Lipinski definition) is 42. The van der Waals surface area contributed by atoms with E-state index in [0.717, 1.165) is 14.2 Å². The van der Waals surface area contributed by atoms with Crippen molar-refractivity contribution in [2.24, 2.45) is 0 Å². The number of hydrogen-bond donors (Lipinski definition) is 14. The molecule has 0 spiro atoms. The minimum atomic E-state index is -6.30. The topological polar surface area (TPSA) is 760 Å². The molecule has 7 heterocycles. The van der Waals surface area contributed by atoms with Gasteiger partial charge in [0.25, 0.3) is 0 Å². The number of rotatable bonds is 38. The quantitative estimate of drug-likeness (QED) is 0.0155. The molecule has 0 aliphatic carbocycles. The molecule has 14 N–H and O–H groups in total. The molecule has 616 valence electrons. The van der Waals surface area contributed by atoms with E-state index < -0.39 is 264 Å². The lowest BCUT2D eigenvalue weighted by molar-refractivity contribution is -0.384. The maximum Gasteiger partial charge on any atom is 0.397 e. The number of ether oxygens (including phenoxy) is 14. The summed E-state index contributed by atoms with van der Waals surface area (Å²) in [7, 11) is -36.9. The molecule has 0 aromatic heterocycles. The third-order valence-corrected chi connectivity index (χ3v) is 21.0. The summed E-state index contributed by atoms with van der Waals surface area (Å²) in [5, 5.41) is 53.3. The average molecular weight is 1710 g/mol. The van der Waals surface area contributed by atoms with E-state index in [1.54, 1.807) is 11.8 Å². The van der Waals surface area contributed by atoms with E-state index in [4.69, 9.17) is 70.5 Å². The number of carboxylic acids is 2. The maximum absolute atomic E-state index is 13.8. The molecule has 7 rings (SSSR count). The van der Waals surface area contributed by atoms with Crippen molar-refractivity contribution in [2.75, 3.05) is 61.1 Å². The highest BCUT2D eigenvalue weighted by molar-refractivity contribution is 8.00. The predicted molar refractivity (Wildman–Crippen MR) is 324 cm³/mol. The van der Waals surface area contributed by atoms with Gasteiger partial charge in [0, 0.05) is 53.0 Å². The summed E-state index contributed by atoms with van der Waals surface area (Å²) in [6, 6.07) is -2.38. The van der Waals surface area contributed by atoms with Crippen molar-refractivity contribution in [3.8, 4) is 0 Å². The van der Waals surface area contributed by atoms with Gasteiger partial charge >= 0.3 is 90.8 Å². The van der Waals surface area contributed by atoms with Gasteiger partial charge in [0.15, 0.2) is 55.9 Å². The molecule has 61 heteroatoms. The minimum Gasteiger partial charge on any atom is -0.479 e. The summed E-state index contributed by atoms with van der Waals surface area (Å²) in [6.45, 7) is -4.61. The van der Waals surface area contributed by atoms with Gasteiger partial charge in [-0.1, -0.05) is 6.42 Å². The van der Waals surface area contributed by atoms with Gasteiger partial charge in [-0.25, -0.2) is 43.7 Å². The molecule has 7 saturated heterocycles. The standard InChI is InChI=1S/C45H73N3O50S8/c1-78-24-15(10-83-100(57,58)59)86-40(21(27(24)79-2)47-19(49)9-7-6-8-18-20-14(13-99-18)46-45(56)48-20)91-28-22(50)23(51)41(93-33(28)38(52)53)89-25-17(12-85-102(63,64)65)88-44(37(98-106(75,76)77)32(25)96-104(69,70)71)92-30-29(80-3)35(81-4)43(94-34(30)39(54)55)90-26-16(11-84-101(60,61)62)87-42(82-5)36(97-105(72,73)74)31(26)95-103(66,67)68/h14-18,20-37,40-44,50-51H,6-13H2,1-5H3,(H,47,49)(H,52,53)(H,54,55)(H2,46,48,56)(H,57,58,59)(H,60,61,62)(H,63,64,65)(H,66,67,68)(H,69,70,71)(H,72,73,74)(H,75,76,77)/t14-,15+,16+,17+,18-,20-,21+,22+,23+,24+,25+,26+,27+,28-,29-,30-,31-,32-,33-,34+,35+,36+,37+,40+,41+,42-,43+,44-/m0/s1. The van der Waals surface area contributed by atoms with Crippen LogP contribution in [0, 0.1) is 0 Å². The highest BCUT2D eigenvalue weighted by Gasteiger charge is 2.62. The fourth-order valence-electron chi connectivity index (χ4n) is 12.2. The van der Waals surface area contributed by atoms with E-state index in [-0.39, 0.29) is 36.2 Å². The molecule has 7 fully saturated rings. The van der Waals surface area contributed by atoms with Crippen LogP contribution < -0.4 is 16.0 Å². The first kappa shape index (κ1) is 89.7. The van der Waals surface area contributed by atoms with Crippen molar-refractivity contribution in [1.82, 2.24) is 16.0 Å². The van der Waals surface area contributed by atoms with Crippen LogP contribution in [0.4, 0.5) is 4.79 Å². The van der Waals surface area contributed by atoms with Crippen LogP contribution in [0.25, 0.3) is 0 Å². The first-order valence-corrected chi connectivity index (χ1v) is 40.4. The third kappa shape index (κ3) is 24.7. The number of unbranched alkanes of at least 4 members (excludes halogenated alkanes) is 1. The van der Waals surface area contributed by atoms with Gasteiger partial charge in [-0.2, -0.15) is 70.7 Å². The normalized spacial score (nSPS) is 37.9. The fraction of sp³-hybridized carbons (Fsp3) is 0.911. The average Bonchev–Trinajstić information content (AvgIpc) is 0.971. The molecule has 7 aliphatic rings. The molecule has 7 aliphatic heterocycles. The Morgan fingerprint density at radius 3 is 1.31 bits per heavy atom. The van der Waals surface area contributed by atoms with Crippen LogP contribution in [0.3, 0.4) is 0 Å². The van der Waals surface area contributed by atoms with Crippen LogP contribution in [0.1, 0.15) is 25.7 Å². The third-order valence-electron chi connectivity index (χ3n) is 16.3. The van der Waals surface area contributed by atoms with Crippen LogP contribution >= 0.6 is 11.8 Å². The summed E-state index contributed by atoms with van der Waals surface area (Å²) in [6.07, 6.45) is -61.5. The van der Waals surface area contributed by atoms with E-state index in [0.29, 0.717) is 39.9 Å². The van der Waals surface area contributed by atoms with Crippen molar-refractivity contribution in [2.45, 2.75) is 196 Å². The Labute approximate surface area is 605 Å². The van der Waals surface area contributed by atoms with Crippen LogP contribution in [0.2, 0.25) is 0 Å². The number of aliphatic hydroxyl groups is 2. The molecule has 3 amide bonds. The second-order valence-corrected chi connectivity index (χ2v) is 31.9. The Morgan fingerprint density at radius 1 is 0.443 bits per heavy atom. The van der Waals surface area contributed by atoms with Gasteiger partial charge in [0.05, 0.1) is 31.9 Å². The SMILES string of the molecule is CO[C@H]1O[C@H](COS(=O)(=O)O)[C@@H](O[C@@H]2O[C@@H](C(=O)O)[C@@H](O[C@@H]3O[C@H](COS(=O)(=O)O)[C@@H](O[C@@H]4O[C@H](C(=O)O)[C@@H](O[C@H]5O[C@H](COS(=O)(=O)O)[C@@H](OC)[C@H](OC)[C@H]5NC(=O)CCCC[C@@H]5SC[C@@H]6NC(=O)N[C@@H]65)[C@H](O)[C@H]4O)[C@H](OS(=O)(=O)O)[C@H]3OS(=O)(=O)O)[C@H](OC)[C@H]2OC)[C@H](OS(=O)(=O)O)[C@H]1OS(=O)(=O)O. The molecule has 0 bridgehead atoms. The van der Waals surface area contributed by atoms with Gasteiger partial charge in [-0.05, 0) is 12.8 Å². The highest BCUT2D eigenvalue weighted by atomic mass is 32.3. The summed E-state index contributed by atoms with van der Waals surface area (Å²) < 4.78 is 350. The number of carboxylic acid groups (broad SMARTS) is 2. The van der Waals surface area contributed by atoms with Gasteiger partial charge in [-0.3, -0.25) is 36.7 Å². The lowest BCUT2D eigenvalue weighted by Crippen LogP contribution is -2.70.